The second-order valence-corrected chi connectivity index (χ2v) is 6.10. The molecule has 0 saturated carbocycles. The molecular formula is C20H20FNO4. The van der Waals surface area contributed by atoms with Crippen molar-refractivity contribution in [2.75, 3.05) is 26.3 Å². The number of esters is 1. The van der Waals surface area contributed by atoms with Crippen molar-refractivity contribution < 1.29 is 23.5 Å². The Hall–Kier alpha value is -2.73. The van der Waals surface area contributed by atoms with Gasteiger partial charge in [-0.05, 0) is 24.6 Å². The quantitative estimate of drug-likeness (QED) is 0.790. The van der Waals surface area contributed by atoms with Crippen LogP contribution in [0, 0.1) is 12.7 Å². The summed E-state index contributed by atoms with van der Waals surface area (Å²) in [6.45, 7) is 3.39. The number of halogens is 1. The molecule has 2 aromatic carbocycles. The molecule has 2 aromatic rings. The monoisotopic (exact) mass is 357 g/mol. The van der Waals surface area contributed by atoms with Crippen LogP contribution in [0.15, 0.2) is 48.5 Å². The Balaban J connectivity index is 1.84. The van der Waals surface area contributed by atoms with E-state index in [1.807, 2.05) is 6.07 Å². The number of carbonyl (C=O) groups excluding carboxylic acids is 2. The van der Waals surface area contributed by atoms with Crippen molar-refractivity contribution in [1.82, 2.24) is 4.90 Å². The Bertz CT molecular complexity index is 788. The topological polar surface area (TPSA) is 55.8 Å². The molecule has 26 heavy (non-hydrogen) atoms. The van der Waals surface area contributed by atoms with E-state index in [1.54, 1.807) is 36.1 Å². The van der Waals surface area contributed by atoms with Gasteiger partial charge < -0.3 is 14.4 Å². The highest BCUT2D eigenvalue weighted by atomic mass is 19.1. The molecule has 0 radical (unpaired) electrons. The summed E-state index contributed by atoms with van der Waals surface area (Å²) >= 11 is 0. The van der Waals surface area contributed by atoms with Crippen LogP contribution in [-0.2, 0) is 14.3 Å². The number of carbonyl (C=O) groups is 2. The third-order valence-electron chi connectivity index (χ3n) is 4.28. The van der Waals surface area contributed by atoms with Crippen LogP contribution < -0.4 is 0 Å². The van der Waals surface area contributed by atoms with E-state index in [0.29, 0.717) is 37.4 Å². The molecule has 0 unspecified atom stereocenters. The van der Waals surface area contributed by atoms with Crippen molar-refractivity contribution in [3.8, 4) is 0 Å². The van der Waals surface area contributed by atoms with E-state index in [2.05, 4.69) is 0 Å². The van der Waals surface area contributed by atoms with Gasteiger partial charge in [-0.25, -0.2) is 9.18 Å². The maximum Gasteiger partial charge on any atom is 0.339 e. The molecule has 136 valence electrons. The zero-order valence-electron chi connectivity index (χ0n) is 14.5. The zero-order chi connectivity index (χ0) is 18.5. The van der Waals surface area contributed by atoms with Crippen LogP contribution in [0.1, 0.15) is 27.6 Å². The molecule has 0 N–H and O–H groups in total. The summed E-state index contributed by atoms with van der Waals surface area (Å²) in [5.41, 5.74) is 1.08. The Morgan fingerprint density at radius 1 is 1.12 bits per heavy atom. The zero-order valence-corrected chi connectivity index (χ0v) is 14.5. The maximum atomic E-state index is 13.8. The van der Waals surface area contributed by atoms with Crippen molar-refractivity contribution in [2.24, 2.45) is 0 Å². The SMILES string of the molecule is Cc1ccc(C(=O)O[C@H](C(=O)N2CCOCC2)c2ccccc2)cc1F. The summed E-state index contributed by atoms with van der Waals surface area (Å²) in [6, 6.07) is 12.9. The molecule has 6 heteroatoms. The van der Waals surface area contributed by atoms with Crippen LogP contribution >= 0.6 is 0 Å². The number of amides is 1. The van der Waals surface area contributed by atoms with E-state index in [-0.39, 0.29) is 11.5 Å². The summed E-state index contributed by atoms with van der Waals surface area (Å²) in [4.78, 5) is 27.0. The first kappa shape index (κ1) is 18.1. The molecule has 0 aromatic heterocycles. The highest BCUT2D eigenvalue weighted by Gasteiger charge is 2.30. The Kier molecular flexibility index (Phi) is 5.63. The lowest BCUT2D eigenvalue weighted by Crippen LogP contribution is -2.44. The average molecular weight is 357 g/mol. The standard InChI is InChI=1S/C20H20FNO4/c1-14-7-8-16(13-17(14)21)20(24)26-18(15-5-3-2-4-6-15)19(23)22-9-11-25-12-10-22/h2-8,13,18H,9-12H2,1H3/t18-/m0/s1. The van der Waals surface area contributed by atoms with Gasteiger partial charge in [0.2, 0.25) is 6.10 Å². The molecule has 1 heterocycles. The molecule has 0 spiro atoms. The third-order valence-corrected chi connectivity index (χ3v) is 4.28. The Labute approximate surface area is 151 Å². The predicted molar refractivity (Wildman–Crippen MR) is 93.1 cm³/mol. The third kappa shape index (κ3) is 4.08. The lowest BCUT2D eigenvalue weighted by Gasteiger charge is -2.30. The summed E-state index contributed by atoms with van der Waals surface area (Å²) in [7, 11) is 0. The largest absolute Gasteiger partial charge is 0.444 e. The van der Waals surface area contributed by atoms with E-state index < -0.39 is 17.9 Å². The van der Waals surface area contributed by atoms with E-state index in [9.17, 15) is 14.0 Å². The minimum absolute atomic E-state index is 0.0730. The van der Waals surface area contributed by atoms with Crippen LogP contribution in [0.2, 0.25) is 0 Å². The molecule has 1 amide bonds. The van der Waals surface area contributed by atoms with E-state index >= 15 is 0 Å². The fourth-order valence-electron chi connectivity index (χ4n) is 2.73. The predicted octanol–water partition coefficient (Wildman–Crippen LogP) is 2.89. The van der Waals surface area contributed by atoms with Crippen molar-refractivity contribution in [3.63, 3.8) is 0 Å². The van der Waals surface area contributed by atoms with Crippen LogP contribution in [0.3, 0.4) is 0 Å². The van der Waals surface area contributed by atoms with Gasteiger partial charge in [-0.2, -0.15) is 0 Å². The van der Waals surface area contributed by atoms with Gasteiger partial charge in [-0.1, -0.05) is 36.4 Å². The van der Waals surface area contributed by atoms with Crippen LogP contribution in [-0.4, -0.2) is 43.1 Å². The fraction of sp³-hybridized carbons (Fsp3) is 0.300. The summed E-state index contributed by atoms with van der Waals surface area (Å²) < 4.78 is 24.5. The first-order valence-corrected chi connectivity index (χ1v) is 8.45. The van der Waals surface area contributed by atoms with Gasteiger partial charge >= 0.3 is 5.97 Å². The Morgan fingerprint density at radius 2 is 1.81 bits per heavy atom. The number of rotatable bonds is 4. The second-order valence-electron chi connectivity index (χ2n) is 6.10. The van der Waals surface area contributed by atoms with Gasteiger partial charge in [0.05, 0.1) is 18.8 Å². The smallest absolute Gasteiger partial charge is 0.339 e. The van der Waals surface area contributed by atoms with E-state index in [0.717, 1.165) is 6.07 Å². The van der Waals surface area contributed by atoms with Gasteiger partial charge in [-0.15, -0.1) is 0 Å². The average Bonchev–Trinajstić information content (AvgIpc) is 2.69. The van der Waals surface area contributed by atoms with Crippen molar-refractivity contribution in [2.45, 2.75) is 13.0 Å². The van der Waals surface area contributed by atoms with Gasteiger partial charge in [0, 0.05) is 18.7 Å². The molecule has 5 nitrogen and oxygen atoms in total. The first-order valence-electron chi connectivity index (χ1n) is 8.45. The lowest BCUT2D eigenvalue weighted by molar-refractivity contribution is -0.145. The highest BCUT2D eigenvalue weighted by Crippen LogP contribution is 2.23. The molecule has 0 bridgehead atoms. The summed E-state index contributed by atoms with van der Waals surface area (Å²) in [6.07, 6.45) is -1.08. The van der Waals surface area contributed by atoms with Crippen LogP contribution in [0.25, 0.3) is 0 Å². The van der Waals surface area contributed by atoms with Crippen molar-refractivity contribution >= 4 is 11.9 Å². The Morgan fingerprint density at radius 3 is 2.46 bits per heavy atom. The number of hydrogen-bond donors (Lipinski definition) is 0. The minimum Gasteiger partial charge on any atom is -0.444 e. The van der Waals surface area contributed by atoms with E-state index in [4.69, 9.17) is 9.47 Å². The molecule has 1 saturated heterocycles. The van der Waals surface area contributed by atoms with Gasteiger partial charge in [-0.3, -0.25) is 4.79 Å². The fourth-order valence-corrected chi connectivity index (χ4v) is 2.73. The van der Waals surface area contributed by atoms with Gasteiger partial charge in [0.15, 0.2) is 0 Å². The van der Waals surface area contributed by atoms with Crippen molar-refractivity contribution in [3.05, 3.63) is 71.0 Å². The second kappa shape index (κ2) is 8.10. The number of morpholine rings is 1. The van der Waals surface area contributed by atoms with Crippen LogP contribution in [0.4, 0.5) is 4.39 Å². The molecular weight excluding hydrogens is 337 g/mol. The molecule has 1 atom stereocenters. The molecule has 1 fully saturated rings. The highest BCUT2D eigenvalue weighted by molar-refractivity contribution is 5.92. The molecule has 1 aliphatic heterocycles. The number of ether oxygens (including phenoxy) is 2. The molecule has 3 rings (SSSR count). The minimum atomic E-state index is -1.08. The molecule has 1 aliphatic rings. The summed E-state index contributed by atoms with van der Waals surface area (Å²) in [5, 5.41) is 0. The van der Waals surface area contributed by atoms with E-state index in [1.165, 1.54) is 12.1 Å². The van der Waals surface area contributed by atoms with Gasteiger partial charge in [0.1, 0.15) is 5.82 Å². The van der Waals surface area contributed by atoms with Crippen LogP contribution in [0.5, 0.6) is 0 Å². The van der Waals surface area contributed by atoms with Crippen molar-refractivity contribution in [1.29, 1.82) is 0 Å². The number of nitrogens with zero attached hydrogens (tertiary/aromatic N) is 1. The first-order chi connectivity index (χ1) is 12.6. The normalized spacial score (nSPS) is 15.4. The molecule has 0 aliphatic carbocycles. The van der Waals surface area contributed by atoms with Gasteiger partial charge in [0.25, 0.3) is 5.91 Å². The number of aryl methyl sites for hydroxylation is 1. The summed E-state index contributed by atoms with van der Waals surface area (Å²) in [5.74, 6) is -1.53. The number of benzene rings is 2. The maximum absolute atomic E-state index is 13.8. The number of hydrogen-bond acceptors (Lipinski definition) is 4. The lowest BCUT2D eigenvalue weighted by atomic mass is 10.1.